The summed E-state index contributed by atoms with van der Waals surface area (Å²) in [6.45, 7) is 2.10. The molecule has 0 aliphatic heterocycles. The van der Waals surface area contributed by atoms with E-state index in [1.54, 1.807) is 18.2 Å². The number of hydrogen-bond donors (Lipinski definition) is 0. The van der Waals surface area contributed by atoms with Crippen molar-refractivity contribution in [1.82, 2.24) is 0 Å². The molecule has 2 heteroatoms. The van der Waals surface area contributed by atoms with Crippen LogP contribution in [-0.4, -0.2) is 0 Å². The molecule has 0 spiro atoms. The largest absolute Gasteiger partial charge is 0.207 e. The third-order valence-corrected chi connectivity index (χ3v) is 7.35. The summed E-state index contributed by atoms with van der Waals surface area (Å²) >= 11 is 0. The van der Waals surface area contributed by atoms with Gasteiger partial charge in [0.15, 0.2) is 0 Å². The highest BCUT2D eigenvalue weighted by molar-refractivity contribution is 5.44. The molecule has 0 nitrogen and oxygen atoms in total. The van der Waals surface area contributed by atoms with Gasteiger partial charge in [0.2, 0.25) is 0 Å². The van der Waals surface area contributed by atoms with Crippen LogP contribution < -0.4 is 0 Å². The van der Waals surface area contributed by atoms with E-state index in [0.717, 1.165) is 23.3 Å². The van der Waals surface area contributed by atoms with Crippen molar-refractivity contribution in [3.63, 3.8) is 0 Å². The quantitative estimate of drug-likeness (QED) is 0.348. The molecule has 2 aliphatic carbocycles. The van der Waals surface area contributed by atoms with Gasteiger partial charge < -0.3 is 0 Å². The van der Waals surface area contributed by atoms with Crippen molar-refractivity contribution in [2.75, 3.05) is 0 Å². The van der Waals surface area contributed by atoms with E-state index in [-0.39, 0.29) is 11.6 Å². The third kappa shape index (κ3) is 5.65. The predicted octanol–water partition coefficient (Wildman–Crippen LogP) is 8.02. The van der Waals surface area contributed by atoms with E-state index < -0.39 is 0 Å². The number of benzene rings is 2. The second-order valence-corrected chi connectivity index (χ2v) is 9.35. The monoisotopic (exact) mass is 418 g/mol. The van der Waals surface area contributed by atoms with Crippen molar-refractivity contribution in [3.05, 3.63) is 82.9 Å². The molecule has 4 atom stereocenters. The predicted molar refractivity (Wildman–Crippen MR) is 124 cm³/mol. The van der Waals surface area contributed by atoms with Crippen LogP contribution in [0.4, 0.5) is 8.78 Å². The van der Waals surface area contributed by atoms with E-state index >= 15 is 0 Å². The smallest absolute Gasteiger partial charge is 0.139 e. The number of hydrogen-bond acceptors (Lipinski definition) is 0. The Balaban J connectivity index is 1.37. The fraction of sp³-hybridized carbons (Fsp3) is 0.448. The summed E-state index contributed by atoms with van der Waals surface area (Å²) in [5, 5.41) is 0. The van der Waals surface area contributed by atoms with Gasteiger partial charge in [-0.05, 0) is 118 Å². The summed E-state index contributed by atoms with van der Waals surface area (Å²) in [4.78, 5) is 0. The SMILES string of the molecule is C/C=C/CCC1CCC2CC(c3ccc(C#Cc4ccc(F)cc4)c(F)c3)CCC2C1. The minimum Gasteiger partial charge on any atom is -0.207 e. The molecule has 4 rings (SSSR count). The van der Waals surface area contributed by atoms with Crippen molar-refractivity contribution in [2.45, 2.75) is 64.2 Å². The first-order chi connectivity index (χ1) is 15.1. The molecule has 4 unspecified atom stereocenters. The van der Waals surface area contributed by atoms with Crippen LogP contribution in [0.25, 0.3) is 0 Å². The maximum absolute atomic E-state index is 14.7. The van der Waals surface area contributed by atoms with Gasteiger partial charge in [0, 0.05) is 5.56 Å². The van der Waals surface area contributed by atoms with Crippen LogP contribution in [0.5, 0.6) is 0 Å². The van der Waals surface area contributed by atoms with Gasteiger partial charge in [-0.15, -0.1) is 0 Å². The molecule has 0 saturated heterocycles. The molecule has 2 fully saturated rings. The lowest BCUT2D eigenvalue weighted by molar-refractivity contribution is 0.115. The summed E-state index contributed by atoms with van der Waals surface area (Å²) < 4.78 is 27.7. The zero-order chi connectivity index (χ0) is 21.6. The molecule has 0 amide bonds. The molecular weight excluding hydrogens is 386 g/mol. The van der Waals surface area contributed by atoms with E-state index in [1.165, 1.54) is 63.5 Å². The fourth-order valence-corrected chi connectivity index (χ4v) is 5.61. The molecule has 0 N–H and O–H groups in total. The Morgan fingerprint density at radius 3 is 2.45 bits per heavy atom. The highest BCUT2D eigenvalue weighted by Gasteiger charge is 2.35. The standard InChI is InChI=1S/C29H32F2/c1-2-3-4-5-22-7-11-25-19-26(15-14-24(25)18-22)27-13-12-23(29(31)20-27)10-6-21-8-16-28(30)17-9-21/h2-3,8-9,12-13,16-17,20,22,24-26H,4-5,7,11,14-15,18-19H2,1H3/b3-2+. The van der Waals surface area contributed by atoms with Gasteiger partial charge in [-0.3, -0.25) is 0 Å². The van der Waals surface area contributed by atoms with Gasteiger partial charge in [0.05, 0.1) is 5.56 Å². The van der Waals surface area contributed by atoms with E-state index in [0.29, 0.717) is 17.0 Å². The molecule has 2 saturated carbocycles. The van der Waals surface area contributed by atoms with Crippen LogP contribution in [0.1, 0.15) is 80.9 Å². The highest BCUT2D eigenvalue weighted by Crippen LogP contribution is 2.48. The zero-order valence-corrected chi connectivity index (χ0v) is 18.4. The maximum atomic E-state index is 14.7. The zero-order valence-electron chi connectivity index (χ0n) is 18.4. The minimum absolute atomic E-state index is 0.248. The number of allylic oxidation sites excluding steroid dienone is 2. The lowest BCUT2D eigenvalue weighted by atomic mass is 9.63. The Morgan fingerprint density at radius 1 is 0.903 bits per heavy atom. The lowest BCUT2D eigenvalue weighted by Gasteiger charge is -2.42. The second kappa shape index (κ2) is 10.3. The van der Waals surface area contributed by atoms with Crippen molar-refractivity contribution in [3.8, 4) is 11.8 Å². The molecule has 2 aromatic carbocycles. The molecule has 0 radical (unpaired) electrons. The van der Waals surface area contributed by atoms with E-state index in [2.05, 4.69) is 37.0 Å². The van der Waals surface area contributed by atoms with Gasteiger partial charge in [0.1, 0.15) is 11.6 Å². The summed E-state index contributed by atoms with van der Waals surface area (Å²) in [5.74, 6) is 8.31. The van der Waals surface area contributed by atoms with Crippen LogP contribution in [0.3, 0.4) is 0 Å². The van der Waals surface area contributed by atoms with Crippen LogP contribution in [0.15, 0.2) is 54.6 Å². The van der Waals surface area contributed by atoms with E-state index in [1.807, 2.05) is 6.07 Å². The van der Waals surface area contributed by atoms with Crippen LogP contribution in [0.2, 0.25) is 0 Å². The van der Waals surface area contributed by atoms with Gasteiger partial charge in [-0.1, -0.05) is 36.5 Å². The highest BCUT2D eigenvalue weighted by atomic mass is 19.1. The summed E-state index contributed by atoms with van der Waals surface area (Å²) in [7, 11) is 0. The average Bonchev–Trinajstić information content (AvgIpc) is 2.79. The first-order valence-electron chi connectivity index (χ1n) is 11.8. The van der Waals surface area contributed by atoms with Crippen molar-refractivity contribution in [1.29, 1.82) is 0 Å². The Hall–Kier alpha value is -2.40. The van der Waals surface area contributed by atoms with Gasteiger partial charge in [-0.2, -0.15) is 0 Å². The van der Waals surface area contributed by atoms with E-state index in [4.69, 9.17) is 0 Å². The average molecular weight is 419 g/mol. The molecule has 31 heavy (non-hydrogen) atoms. The number of halogens is 2. The summed E-state index contributed by atoms with van der Waals surface area (Å²) in [6, 6.07) is 11.5. The van der Waals surface area contributed by atoms with Crippen LogP contribution >= 0.6 is 0 Å². The minimum atomic E-state index is -0.294. The molecule has 0 aromatic heterocycles. The second-order valence-electron chi connectivity index (χ2n) is 9.35. The molecule has 2 aliphatic rings. The van der Waals surface area contributed by atoms with Crippen molar-refractivity contribution < 1.29 is 8.78 Å². The summed E-state index contributed by atoms with van der Waals surface area (Å²) in [5.41, 5.74) is 2.21. The Kier molecular flexibility index (Phi) is 7.23. The van der Waals surface area contributed by atoms with Crippen molar-refractivity contribution in [2.24, 2.45) is 17.8 Å². The number of fused-ring (bicyclic) bond motifs is 1. The van der Waals surface area contributed by atoms with Crippen LogP contribution in [-0.2, 0) is 0 Å². The third-order valence-electron chi connectivity index (χ3n) is 7.35. The first-order valence-corrected chi connectivity index (χ1v) is 11.8. The topological polar surface area (TPSA) is 0 Å². The maximum Gasteiger partial charge on any atom is 0.139 e. The molecule has 162 valence electrons. The molecule has 0 heterocycles. The van der Waals surface area contributed by atoms with Gasteiger partial charge in [0.25, 0.3) is 0 Å². The normalized spacial score (nSPS) is 25.6. The number of rotatable bonds is 4. The first kappa shape index (κ1) is 21.8. The van der Waals surface area contributed by atoms with Crippen molar-refractivity contribution >= 4 is 0 Å². The molecule has 2 aromatic rings. The fourth-order valence-electron chi connectivity index (χ4n) is 5.61. The van der Waals surface area contributed by atoms with Gasteiger partial charge >= 0.3 is 0 Å². The molecular formula is C29H32F2. The van der Waals surface area contributed by atoms with E-state index in [9.17, 15) is 8.78 Å². The van der Waals surface area contributed by atoms with Crippen LogP contribution in [0, 0.1) is 41.2 Å². The summed E-state index contributed by atoms with van der Waals surface area (Å²) in [6.07, 6.45) is 14.8. The van der Waals surface area contributed by atoms with Gasteiger partial charge in [-0.25, -0.2) is 8.78 Å². The Labute approximate surface area is 185 Å². The molecule has 0 bridgehead atoms. The lowest BCUT2D eigenvalue weighted by Crippen LogP contribution is -2.30. The Morgan fingerprint density at radius 2 is 1.68 bits per heavy atom. The Bertz CT molecular complexity index is 960.